The highest BCUT2D eigenvalue weighted by Crippen LogP contribution is 2.53. The van der Waals surface area contributed by atoms with Crippen LogP contribution < -0.4 is 4.90 Å². The molecular formula is C44H34N2O2S. The van der Waals surface area contributed by atoms with Crippen LogP contribution in [0.15, 0.2) is 127 Å². The molecule has 0 saturated carbocycles. The van der Waals surface area contributed by atoms with E-state index >= 15 is 0 Å². The fourth-order valence-electron chi connectivity index (χ4n) is 7.75. The number of carbonyl (C=O) groups is 1. The van der Waals surface area contributed by atoms with E-state index in [9.17, 15) is 15.2 Å². The van der Waals surface area contributed by atoms with Gasteiger partial charge in [-0.05, 0) is 105 Å². The van der Waals surface area contributed by atoms with Crippen molar-refractivity contribution in [3.05, 3.63) is 154 Å². The molecular weight excluding hydrogens is 621 g/mol. The van der Waals surface area contributed by atoms with Crippen LogP contribution in [0, 0.1) is 11.3 Å². The molecule has 1 heterocycles. The van der Waals surface area contributed by atoms with Crippen LogP contribution in [0.2, 0.25) is 0 Å². The van der Waals surface area contributed by atoms with Crippen LogP contribution >= 0.6 is 11.3 Å². The number of rotatable bonds is 6. The number of benzene rings is 5. The molecule has 8 rings (SSSR count). The third-order valence-corrected chi connectivity index (χ3v) is 11.4. The number of nitrogens with zero attached hydrogens (tertiary/aromatic N) is 2. The molecule has 2 aliphatic carbocycles. The lowest BCUT2D eigenvalue weighted by atomic mass is 9.82. The first kappa shape index (κ1) is 30.6. The maximum atomic E-state index is 11.4. The lowest BCUT2D eigenvalue weighted by Crippen LogP contribution is -2.18. The monoisotopic (exact) mass is 654 g/mol. The third kappa shape index (κ3) is 4.83. The lowest BCUT2D eigenvalue weighted by Gasteiger charge is -2.30. The average Bonchev–Trinajstić information content (AvgIpc) is 3.74. The van der Waals surface area contributed by atoms with Gasteiger partial charge in [0.25, 0.3) is 0 Å². The van der Waals surface area contributed by atoms with Crippen molar-refractivity contribution in [2.75, 3.05) is 4.90 Å². The number of anilines is 3. The van der Waals surface area contributed by atoms with Gasteiger partial charge in [0.15, 0.2) is 0 Å². The van der Waals surface area contributed by atoms with Crippen LogP contribution in [-0.2, 0) is 15.6 Å². The van der Waals surface area contributed by atoms with Crippen LogP contribution in [-0.4, -0.2) is 11.1 Å². The van der Waals surface area contributed by atoms with Crippen LogP contribution in [0.1, 0.15) is 54.8 Å². The summed E-state index contributed by atoms with van der Waals surface area (Å²) in [6, 6.07) is 45.4. The number of fused-ring (bicyclic) bond motifs is 6. The van der Waals surface area contributed by atoms with Gasteiger partial charge in [0, 0.05) is 37.6 Å². The lowest BCUT2D eigenvalue weighted by molar-refractivity contribution is -0.132. The second kappa shape index (κ2) is 11.2. The summed E-state index contributed by atoms with van der Waals surface area (Å²) in [5, 5.41) is 18.5. The molecule has 2 aliphatic rings. The van der Waals surface area contributed by atoms with E-state index in [0.717, 1.165) is 32.4 Å². The van der Waals surface area contributed by atoms with Crippen molar-refractivity contribution >= 4 is 40.4 Å². The SMILES string of the molecule is CC1(C)c2ccccc2-c2ccc(N(c3ccc(-c4ccc(/C=C(\C#N)C(=O)O)s4)cc3)c3ccc4c(c3)C(C)(C)c3ccccc3-4)cc21. The molecule has 5 heteroatoms. The van der Waals surface area contributed by atoms with Crippen molar-refractivity contribution in [1.82, 2.24) is 0 Å². The number of nitriles is 1. The summed E-state index contributed by atoms with van der Waals surface area (Å²) in [5.74, 6) is -1.22. The normalized spacial score (nSPS) is 14.7. The highest BCUT2D eigenvalue weighted by atomic mass is 32.1. The van der Waals surface area contributed by atoms with E-state index in [1.807, 2.05) is 12.1 Å². The molecule has 0 bridgehead atoms. The Bertz CT molecular complexity index is 2280. The minimum Gasteiger partial charge on any atom is -0.477 e. The maximum Gasteiger partial charge on any atom is 0.346 e. The third-order valence-electron chi connectivity index (χ3n) is 10.3. The first-order chi connectivity index (χ1) is 23.6. The van der Waals surface area contributed by atoms with Gasteiger partial charge in [-0.25, -0.2) is 4.79 Å². The van der Waals surface area contributed by atoms with E-state index in [1.165, 1.54) is 61.9 Å². The van der Waals surface area contributed by atoms with Crippen LogP contribution in [0.25, 0.3) is 38.8 Å². The number of aliphatic carboxylic acids is 1. The molecule has 6 aromatic rings. The molecule has 0 aliphatic heterocycles. The summed E-state index contributed by atoms with van der Waals surface area (Å²) in [4.78, 5) is 15.5. The molecule has 5 aromatic carbocycles. The summed E-state index contributed by atoms with van der Waals surface area (Å²) < 4.78 is 0. The Hall–Kier alpha value is -5.70. The number of carboxylic acids is 1. The standard InChI is InChI=1S/C44H34N2O2S/c1-43(2)37-11-7-5-9-33(37)35-20-17-30(24-39(35)43)46(31-18-21-36-34-10-6-8-12-38(34)44(3,4)40(36)25-31)29-15-13-27(14-16-29)41-22-19-32(49-41)23-28(26-45)42(47)48/h5-25H,1-4H3,(H,47,48)/b28-23+. The topological polar surface area (TPSA) is 64.3 Å². The second-order valence-corrected chi connectivity index (χ2v) is 15.0. The van der Waals surface area contributed by atoms with E-state index in [2.05, 4.69) is 142 Å². The maximum absolute atomic E-state index is 11.4. The first-order valence-corrected chi connectivity index (χ1v) is 17.2. The Labute approximate surface area is 290 Å². The van der Waals surface area contributed by atoms with Crippen LogP contribution in [0.3, 0.4) is 0 Å². The molecule has 0 radical (unpaired) electrons. The highest BCUT2D eigenvalue weighted by molar-refractivity contribution is 7.16. The molecule has 0 spiro atoms. The van der Waals surface area contributed by atoms with Crippen molar-refractivity contribution in [3.8, 4) is 38.8 Å². The minimum atomic E-state index is -1.22. The Kier molecular flexibility index (Phi) is 6.99. The molecule has 0 fully saturated rings. The molecule has 1 N–H and O–H groups in total. The van der Waals surface area contributed by atoms with Gasteiger partial charge in [-0.3, -0.25) is 0 Å². The molecule has 49 heavy (non-hydrogen) atoms. The van der Waals surface area contributed by atoms with Crippen molar-refractivity contribution in [1.29, 1.82) is 5.26 Å². The van der Waals surface area contributed by atoms with Crippen molar-refractivity contribution in [3.63, 3.8) is 0 Å². The summed E-state index contributed by atoms with van der Waals surface area (Å²) >= 11 is 1.46. The minimum absolute atomic E-state index is 0.129. The van der Waals surface area contributed by atoms with Crippen molar-refractivity contribution in [2.24, 2.45) is 0 Å². The zero-order valence-corrected chi connectivity index (χ0v) is 28.6. The van der Waals surface area contributed by atoms with Crippen molar-refractivity contribution in [2.45, 2.75) is 38.5 Å². The van der Waals surface area contributed by atoms with Gasteiger partial charge >= 0.3 is 5.97 Å². The summed E-state index contributed by atoms with van der Waals surface area (Å²) in [6.07, 6.45) is 1.42. The quantitative estimate of drug-likeness (QED) is 0.143. The number of hydrogen-bond donors (Lipinski definition) is 1. The predicted molar refractivity (Wildman–Crippen MR) is 201 cm³/mol. The van der Waals surface area contributed by atoms with Gasteiger partial charge in [-0.15, -0.1) is 11.3 Å². The van der Waals surface area contributed by atoms with E-state index in [0.29, 0.717) is 0 Å². The zero-order chi connectivity index (χ0) is 34.1. The molecule has 0 saturated heterocycles. The van der Waals surface area contributed by atoms with Crippen molar-refractivity contribution < 1.29 is 9.90 Å². The Morgan fingerprint density at radius 1 is 0.653 bits per heavy atom. The smallest absolute Gasteiger partial charge is 0.346 e. The fraction of sp³-hybridized carbons (Fsp3) is 0.136. The second-order valence-electron chi connectivity index (χ2n) is 13.9. The van der Waals surface area contributed by atoms with Crippen LogP contribution in [0.5, 0.6) is 0 Å². The Morgan fingerprint density at radius 3 is 1.65 bits per heavy atom. The molecule has 238 valence electrons. The van der Waals surface area contributed by atoms with E-state index in [1.54, 1.807) is 6.07 Å². The van der Waals surface area contributed by atoms with Gasteiger partial charge in [-0.1, -0.05) is 100 Å². The summed E-state index contributed by atoms with van der Waals surface area (Å²) in [6.45, 7) is 9.26. The number of hydrogen-bond acceptors (Lipinski definition) is 4. The first-order valence-electron chi connectivity index (χ1n) is 16.4. The van der Waals surface area contributed by atoms with Gasteiger partial charge in [0.05, 0.1) is 0 Å². The zero-order valence-electron chi connectivity index (χ0n) is 27.8. The molecule has 1 aromatic heterocycles. The van der Waals surface area contributed by atoms with Gasteiger partial charge in [0.2, 0.25) is 0 Å². The number of carboxylic acid groups (broad SMARTS) is 1. The van der Waals surface area contributed by atoms with E-state index in [-0.39, 0.29) is 16.4 Å². The number of thiophene rings is 1. The van der Waals surface area contributed by atoms with Gasteiger partial charge in [-0.2, -0.15) is 5.26 Å². The van der Waals surface area contributed by atoms with Gasteiger partial charge in [0.1, 0.15) is 11.6 Å². The fourth-order valence-corrected chi connectivity index (χ4v) is 8.71. The largest absolute Gasteiger partial charge is 0.477 e. The summed E-state index contributed by atoms with van der Waals surface area (Å²) in [5.41, 5.74) is 14.3. The summed E-state index contributed by atoms with van der Waals surface area (Å²) in [7, 11) is 0. The Morgan fingerprint density at radius 2 is 1.14 bits per heavy atom. The van der Waals surface area contributed by atoms with Crippen LogP contribution in [0.4, 0.5) is 17.1 Å². The average molecular weight is 655 g/mol. The highest BCUT2D eigenvalue weighted by Gasteiger charge is 2.37. The molecule has 0 amide bonds. The Balaban J connectivity index is 1.24. The molecule has 0 unspecified atom stereocenters. The van der Waals surface area contributed by atoms with Gasteiger partial charge < -0.3 is 10.0 Å². The van der Waals surface area contributed by atoms with E-state index < -0.39 is 5.97 Å². The molecule has 4 nitrogen and oxygen atoms in total. The molecule has 0 atom stereocenters. The van der Waals surface area contributed by atoms with E-state index in [4.69, 9.17) is 0 Å². The predicted octanol–water partition coefficient (Wildman–Crippen LogP) is 11.5.